The first-order chi connectivity index (χ1) is 18.1. The van der Waals surface area contributed by atoms with Gasteiger partial charge in [0.25, 0.3) is 0 Å². The van der Waals surface area contributed by atoms with Crippen molar-refractivity contribution in [3.63, 3.8) is 0 Å². The molecule has 0 aliphatic rings. The maximum atomic E-state index is 13.7. The van der Waals surface area contributed by atoms with Crippen molar-refractivity contribution in [2.45, 2.75) is 38.6 Å². The molecule has 0 bridgehead atoms. The highest BCUT2D eigenvalue weighted by Gasteiger charge is 2.30. The van der Waals surface area contributed by atoms with Crippen molar-refractivity contribution in [1.82, 2.24) is 10.2 Å². The van der Waals surface area contributed by atoms with Gasteiger partial charge in [0.1, 0.15) is 6.04 Å². The van der Waals surface area contributed by atoms with E-state index in [9.17, 15) is 9.59 Å². The van der Waals surface area contributed by atoms with E-state index in [4.69, 9.17) is 46.4 Å². The maximum absolute atomic E-state index is 13.7. The van der Waals surface area contributed by atoms with E-state index in [1.54, 1.807) is 29.2 Å². The number of nitrogens with one attached hydrogen (secondary N) is 1. The fourth-order valence-electron chi connectivity index (χ4n) is 3.78. The van der Waals surface area contributed by atoms with Gasteiger partial charge in [0.15, 0.2) is 0 Å². The lowest BCUT2D eigenvalue weighted by molar-refractivity contribution is -0.139. The third kappa shape index (κ3) is 9.39. The Morgan fingerprint density at radius 3 is 2.03 bits per heavy atom. The monoisotopic (exact) mass is 610 g/mol. The second-order valence-corrected chi connectivity index (χ2v) is 12.0. The highest BCUT2D eigenvalue weighted by Crippen LogP contribution is 2.26. The Bertz CT molecular complexity index is 1240. The molecule has 3 aromatic carbocycles. The van der Waals surface area contributed by atoms with Crippen LogP contribution in [0.3, 0.4) is 0 Å². The van der Waals surface area contributed by atoms with Crippen LogP contribution in [0.5, 0.6) is 0 Å². The minimum Gasteiger partial charge on any atom is -0.354 e. The number of amides is 2. The smallest absolute Gasteiger partial charge is 0.243 e. The highest BCUT2D eigenvalue weighted by atomic mass is 35.5. The number of carbonyl (C=O) groups is 2. The van der Waals surface area contributed by atoms with E-state index in [0.717, 1.165) is 16.7 Å². The van der Waals surface area contributed by atoms with E-state index in [1.165, 1.54) is 11.8 Å². The van der Waals surface area contributed by atoms with E-state index in [2.05, 4.69) is 5.32 Å². The molecule has 1 atom stereocenters. The van der Waals surface area contributed by atoms with Gasteiger partial charge in [0, 0.05) is 25.3 Å². The van der Waals surface area contributed by atoms with E-state index < -0.39 is 6.04 Å². The van der Waals surface area contributed by atoms with Crippen molar-refractivity contribution in [1.29, 1.82) is 0 Å². The molecule has 0 saturated carbocycles. The van der Waals surface area contributed by atoms with Crippen molar-refractivity contribution in [2.75, 3.05) is 12.3 Å². The average molecular weight is 612 g/mol. The van der Waals surface area contributed by atoms with Crippen LogP contribution in [0.2, 0.25) is 20.1 Å². The molecule has 9 heteroatoms. The number of rotatable bonds is 12. The van der Waals surface area contributed by atoms with Gasteiger partial charge in [-0.25, -0.2) is 0 Å². The zero-order chi connectivity index (χ0) is 27.7. The fraction of sp³-hybridized carbons (Fsp3) is 0.310. The lowest BCUT2D eigenvalue weighted by Crippen LogP contribution is -2.51. The standard InChI is InChI=1S/C29H30Cl4N2O2S/c1-19(2)15-34-29(37)27(14-20-6-4-3-5-7-20)35(16-21-8-10-23(30)25(32)12-21)28(36)18-38-17-22-9-11-24(31)26(33)13-22/h3-13,19,27H,14-18H2,1-2H3,(H,34,37). The van der Waals surface area contributed by atoms with Crippen molar-refractivity contribution in [2.24, 2.45) is 5.92 Å². The van der Waals surface area contributed by atoms with Crippen LogP contribution in [0.4, 0.5) is 0 Å². The first kappa shape index (κ1) is 30.6. The summed E-state index contributed by atoms with van der Waals surface area (Å²) in [4.78, 5) is 28.8. The predicted octanol–water partition coefficient (Wildman–Crippen LogP) is 7.95. The molecule has 1 N–H and O–H groups in total. The number of halogens is 4. The molecular weight excluding hydrogens is 582 g/mol. The summed E-state index contributed by atoms with van der Waals surface area (Å²) in [6.07, 6.45) is 0.384. The number of benzene rings is 3. The van der Waals surface area contributed by atoms with Gasteiger partial charge in [0.2, 0.25) is 11.8 Å². The summed E-state index contributed by atoms with van der Waals surface area (Å²) in [5.74, 6) is 0.695. The van der Waals surface area contributed by atoms with Crippen molar-refractivity contribution in [3.8, 4) is 0 Å². The third-order valence-electron chi connectivity index (χ3n) is 5.77. The number of thioether (sulfide) groups is 1. The number of nitrogens with zero attached hydrogens (tertiary/aromatic N) is 1. The van der Waals surface area contributed by atoms with Gasteiger partial charge in [-0.3, -0.25) is 9.59 Å². The lowest BCUT2D eigenvalue weighted by atomic mass is 10.0. The summed E-state index contributed by atoms with van der Waals surface area (Å²) in [5.41, 5.74) is 2.72. The van der Waals surface area contributed by atoms with Gasteiger partial charge in [0.05, 0.1) is 25.8 Å². The van der Waals surface area contributed by atoms with Gasteiger partial charge in [-0.05, 0) is 46.9 Å². The second-order valence-electron chi connectivity index (χ2n) is 9.36. The molecule has 0 radical (unpaired) electrons. The molecule has 0 saturated heterocycles. The van der Waals surface area contributed by atoms with Crippen molar-refractivity contribution >= 4 is 70.0 Å². The molecule has 3 rings (SSSR count). The zero-order valence-corrected chi connectivity index (χ0v) is 25.1. The summed E-state index contributed by atoms with van der Waals surface area (Å²) in [6.45, 7) is 4.80. The molecule has 0 aliphatic carbocycles. The van der Waals surface area contributed by atoms with Crippen LogP contribution in [0.25, 0.3) is 0 Å². The quantitative estimate of drug-likeness (QED) is 0.226. The Kier molecular flexibility index (Phi) is 12.1. The molecule has 0 aromatic heterocycles. The number of hydrogen-bond donors (Lipinski definition) is 1. The summed E-state index contributed by atoms with van der Waals surface area (Å²) < 4.78 is 0. The molecule has 0 heterocycles. The third-order valence-corrected chi connectivity index (χ3v) is 8.24. The maximum Gasteiger partial charge on any atom is 0.243 e. The molecular formula is C29H30Cl4N2O2S. The van der Waals surface area contributed by atoms with E-state index >= 15 is 0 Å². The van der Waals surface area contributed by atoms with Crippen LogP contribution < -0.4 is 5.32 Å². The first-order valence-corrected chi connectivity index (χ1v) is 14.9. The molecule has 202 valence electrons. The van der Waals surface area contributed by atoms with E-state index in [1.807, 2.05) is 56.3 Å². The molecule has 0 spiro atoms. The van der Waals surface area contributed by atoms with Crippen LogP contribution in [0.15, 0.2) is 66.7 Å². The first-order valence-electron chi connectivity index (χ1n) is 12.2. The van der Waals surface area contributed by atoms with Crippen LogP contribution in [0.1, 0.15) is 30.5 Å². The molecule has 1 unspecified atom stereocenters. The van der Waals surface area contributed by atoms with Gasteiger partial charge < -0.3 is 10.2 Å². The molecule has 0 aliphatic heterocycles. The lowest BCUT2D eigenvalue weighted by Gasteiger charge is -2.32. The summed E-state index contributed by atoms with van der Waals surface area (Å²) in [5, 5.41) is 4.81. The summed E-state index contributed by atoms with van der Waals surface area (Å²) in [7, 11) is 0. The normalized spacial score (nSPS) is 11.9. The number of carbonyl (C=O) groups excluding carboxylic acids is 2. The topological polar surface area (TPSA) is 49.4 Å². The minimum atomic E-state index is -0.705. The van der Waals surface area contributed by atoms with Gasteiger partial charge >= 0.3 is 0 Å². The van der Waals surface area contributed by atoms with E-state index in [-0.39, 0.29) is 30.0 Å². The Morgan fingerprint density at radius 1 is 0.816 bits per heavy atom. The molecule has 2 amide bonds. The van der Waals surface area contributed by atoms with Gasteiger partial charge in [-0.15, -0.1) is 11.8 Å². The highest BCUT2D eigenvalue weighted by molar-refractivity contribution is 7.99. The Hall–Kier alpha value is -1.89. The summed E-state index contributed by atoms with van der Waals surface area (Å²) >= 11 is 26.0. The Morgan fingerprint density at radius 2 is 1.42 bits per heavy atom. The molecule has 4 nitrogen and oxygen atoms in total. The molecule has 0 fully saturated rings. The van der Waals surface area contributed by atoms with Crippen LogP contribution in [-0.4, -0.2) is 35.1 Å². The summed E-state index contributed by atoms with van der Waals surface area (Å²) in [6, 6.07) is 19.7. The van der Waals surface area contributed by atoms with Crippen LogP contribution >= 0.6 is 58.2 Å². The van der Waals surface area contributed by atoms with Crippen molar-refractivity contribution in [3.05, 3.63) is 104 Å². The van der Waals surface area contributed by atoms with Gasteiger partial charge in [-0.2, -0.15) is 0 Å². The minimum absolute atomic E-state index is 0.151. The molecule has 38 heavy (non-hydrogen) atoms. The second kappa shape index (κ2) is 15.0. The largest absolute Gasteiger partial charge is 0.354 e. The van der Waals surface area contributed by atoms with Gasteiger partial charge in [-0.1, -0.05) is 103 Å². The number of hydrogen-bond acceptors (Lipinski definition) is 3. The predicted molar refractivity (Wildman–Crippen MR) is 161 cm³/mol. The fourth-order valence-corrected chi connectivity index (χ4v) is 5.28. The van der Waals surface area contributed by atoms with Crippen LogP contribution in [0, 0.1) is 5.92 Å². The van der Waals surface area contributed by atoms with E-state index in [0.29, 0.717) is 38.8 Å². The Balaban J connectivity index is 1.86. The average Bonchev–Trinajstić information content (AvgIpc) is 2.89. The Labute approximate surface area is 249 Å². The van der Waals surface area contributed by atoms with Crippen LogP contribution in [-0.2, 0) is 28.3 Å². The van der Waals surface area contributed by atoms with Crippen molar-refractivity contribution < 1.29 is 9.59 Å². The SMILES string of the molecule is CC(C)CNC(=O)C(Cc1ccccc1)N(Cc1ccc(Cl)c(Cl)c1)C(=O)CSCc1ccc(Cl)c(Cl)c1. The molecule has 3 aromatic rings. The zero-order valence-electron chi connectivity index (χ0n) is 21.2.